The lowest BCUT2D eigenvalue weighted by molar-refractivity contribution is -0.108. The molecule has 2 rings (SSSR count). The molecule has 0 N–H and O–H groups in total. The molecule has 16 heavy (non-hydrogen) atoms. The number of rotatable bonds is 2. The number of carbonyl (C=O) groups is 1. The SMILES string of the molecule is Cc1cc(C)c2c(c1)n(CC=O)c(=O)n2C. The third-order valence-electron chi connectivity index (χ3n) is 2.83. The van der Waals surface area contributed by atoms with Crippen LogP contribution < -0.4 is 5.69 Å². The maximum absolute atomic E-state index is 11.9. The fourth-order valence-corrected chi connectivity index (χ4v) is 2.21. The van der Waals surface area contributed by atoms with E-state index in [1.165, 1.54) is 4.57 Å². The van der Waals surface area contributed by atoms with Crippen LogP contribution in [-0.2, 0) is 18.4 Å². The average molecular weight is 218 g/mol. The molecular formula is C12H14N2O2. The Hall–Kier alpha value is -1.84. The van der Waals surface area contributed by atoms with Crippen LogP contribution in [0.4, 0.5) is 0 Å². The summed E-state index contributed by atoms with van der Waals surface area (Å²) >= 11 is 0. The van der Waals surface area contributed by atoms with Gasteiger partial charge in [-0.05, 0) is 31.0 Å². The second-order valence-corrected chi connectivity index (χ2v) is 4.07. The minimum absolute atomic E-state index is 0.110. The standard InChI is InChI=1S/C12H14N2O2/c1-8-6-9(2)11-10(7-8)14(4-5-15)12(16)13(11)3/h5-7H,4H2,1-3H3. The molecule has 4 nitrogen and oxygen atoms in total. The van der Waals surface area contributed by atoms with E-state index in [0.717, 1.165) is 28.4 Å². The summed E-state index contributed by atoms with van der Waals surface area (Å²) in [4.78, 5) is 22.5. The molecule has 1 aromatic carbocycles. The quantitative estimate of drug-likeness (QED) is 0.710. The molecule has 0 amide bonds. The second kappa shape index (κ2) is 3.63. The molecule has 0 fully saturated rings. The molecule has 0 spiro atoms. The average Bonchev–Trinajstić information content (AvgIpc) is 2.44. The molecule has 0 bridgehead atoms. The summed E-state index contributed by atoms with van der Waals surface area (Å²) in [5, 5.41) is 0. The van der Waals surface area contributed by atoms with Crippen molar-refractivity contribution in [2.75, 3.05) is 0 Å². The van der Waals surface area contributed by atoms with Gasteiger partial charge >= 0.3 is 5.69 Å². The van der Waals surface area contributed by atoms with Gasteiger partial charge < -0.3 is 4.79 Å². The number of fused-ring (bicyclic) bond motifs is 1. The van der Waals surface area contributed by atoms with Crippen molar-refractivity contribution in [2.45, 2.75) is 20.4 Å². The van der Waals surface area contributed by atoms with Gasteiger partial charge in [0.25, 0.3) is 0 Å². The van der Waals surface area contributed by atoms with E-state index in [4.69, 9.17) is 0 Å². The number of aryl methyl sites for hydroxylation is 3. The lowest BCUT2D eigenvalue weighted by atomic mass is 10.1. The van der Waals surface area contributed by atoms with Gasteiger partial charge in [0.2, 0.25) is 0 Å². The molecule has 0 aliphatic heterocycles. The van der Waals surface area contributed by atoms with Crippen LogP contribution in [0.1, 0.15) is 11.1 Å². The summed E-state index contributed by atoms with van der Waals surface area (Å²) in [6.07, 6.45) is 0.749. The van der Waals surface area contributed by atoms with Crippen molar-refractivity contribution in [3.63, 3.8) is 0 Å². The van der Waals surface area contributed by atoms with Crippen molar-refractivity contribution in [1.29, 1.82) is 0 Å². The Bertz CT molecular complexity index is 620. The normalized spacial score (nSPS) is 10.9. The van der Waals surface area contributed by atoms with Gasteiger partial charge in [0, 0.05) is 7.05 Å². The lowest BCUT2D eigenvalue weighted by Crippen LogP contribution is -2.22. The summed E-state index contributed by atoms with van der Waals surface area (Å²) in [7, 11) is 1.73. The smallest absolute Gasteiger partial charge is 0.301 e. The molecule has 0 aliphatic carbocycles. The molecule has 0 saturated carbocycles. The van der Waals surface area contributed by atoms with Crippen LogP contribution in [-0.4, -0.2) is 15.4 Å². The number of nitrogens with zero attached hydrogens (tertiary/aromatic N) is 2. The maximum atomic E-state index is 11.9. The largest absolute Gasteiger partial charge is 0.329 e. The topological polar surface area (TPSA) is 44.0 Å². The molecule has 4 heteroatoms. The lowest BCUT2D eigenvalue weighted by Gasteiger charge is -2.02. The van der Waals surface area contributed by atoms with Gasteiger partial charge in [-0.1, -0.05) is 6.07 Å². The van der Waals surface area contributed by atoms with Crippen LogP contribution >= 0.6 is 0 Å². The van der Waals surface area contributed by atoms with Gasteiger partial charge in [-0.15, -0.1) is 0 Å². The Morgan fingerprint density at radius 3 is 2.62 bits per heavy atom. The van der Waals surface area contributed by atoms with Crippen molar-refractivity contribution < 1.29 is 4.79 Å². The fraction of sp³-hybridized carbons (Fsp3) is 0.333. The van der Waals surface area contributed by atoms with E-state index in [1.807, 2.05) is 26.0 Å². The molecule has 0 aliphatic rings. The predicted molar refractivity (Wildman–Crippen MR) is 62.7 cm³/mol. The molecule has 84 valence electrons. The summed E-state index contributed by atoms with van der Waals surface area (Å²) in [6, 6.07) is 3.97. The number of imidazole rings is 1. The molecule has 0 saturated heterocycles. The first-order valence-corrected chi connectivity index (χ1v) is 5.16. The molecular weight excluding hydrogens is 204 g/mol. The molecule has 0 atom stereocenters. The Labute approximate surface area is 93.1 Å². The molecule has 0 unspecified atom stereocenters. The molecule has 0 radical (unpaired) electrons. The van der Waals surface area contributed by atoms with Crippen LogP contribution in [0, 0.1) is 13.8 Å². The van der Waals surface area contributed by atoms with E-state index in [-0.39, 0.29) is 12.2 Å². The highest BCUT2D eigenvalue weighted by atomic mass is 16.2. The van der Waals surface area contributed by atoms with E-state index >= 15 is 0 Å². The highest BCUT2D eigenvalue weighted by Gasteiger charge is 2.12. The van der Waals surface area contributed by atoms with Crippen molar-refractivity contribution in [3.8, 4) is 0 Å². The van der Waals surface area contributed by atoms with Gasteiger partial charge in [-0.25, -0.2) is 4.79 Å². The van der Waals surface area contributed by atoms with Crippen molar-refractivity contribution in [2.24, 2.45) is 7.05 Å². The molecule has 1 aromatic heterocycles. The first kappa shape index (κ1) is 10.7. The summed E-state index contributed by atoms with van der Waals surface area (Å²) in [6.45, 7) is 4.06. The van der Waals surface area contributed by atoms with Crippen molar-refractivity contribution in [1.82, 2.24) is 9.13 Å². The number of hydrogen-bond donors (Lipinski definition) is 0. The molecule has 1 heterocycles. The highest BCUT2D eigenvalue weighted by Crippen LogP contribution is 2.18. The fourth-order valence-electron chi connectivity index (χ4n) is 2.21. The zero-order valence-electron chi connectivity index (χ0n) is 9.65. The third-order valence-corrected chi connectivity index (χ3v) is 2.83. The highest BCUT2D eigenvalue weighted by molar-refractivity contribution is 5.81. The van der Waals surface area contributed by atoms with Crippen molar-refractivity contribution >= 4 is 17.3 Å². The zero-order valence-corrected chi connectivity index (χ0v) is 9.65. The van der Waals surface area contributed by atoms with Gasteiger partial charge in [0.05, 0.1) is 17.6 Å². The number of aromatic nitrogens is 2. The van der Waals surface area contributed by atoms with Gasteiger partial charge in [0.1, 0.15) is 6.29 Å². The van der Waals surface area contributed by atoms with E-state index < -0.39 is 0 Å². The third kappa shape index (κ3) is 1.38. The zero-order chi connectivity index (χ0) is 11.9. The Morgan fingerprint density at radius 1 is 1.31 bits per heavy atom. The van der Waals surface area contributed by atoms with Crippen LogP contribution in [0.15, 0.2) is 16.9 Å². The Morgan fingerprint density at radius 2 is 2.00 bits per heavy atom. The number of carbonyl (C=O) groups excluding carboxylic acids is 1. The first-order chi connectivity index (χ1) is 7.56. The first-order valence-electron chi connectivity index (χ1n) is 5.16. The van der Waals surface area contributed by atoms with E-state index in [1.54, 1.807) is 11.6 Å². The van der Waals surface area contributed by atoms with Gasteiger partial charge in [-0.2, -0.15) is 0 Å². The van der Waals surface area contributed by atoms with Gasteiger partial charge in [0.15, 0.2) is 0 Å². The Balaban J connectivity index is 2.96. The van der Waals surface area contributed by atoms with Crippen LogP contribution in [0.5, 0.6) is 0 Å². The van der Waals surface area contributed by atoms with Gasteiger partial charge in [-0.3, -0.25) is 9.13 Å². The maximum Gasteiger partial charge on any atom is 0.329 e. The number of hydrogen-bond acceptors (Lipinski definition) is 2. The van der Waals surface area contributed by atoms with E-state index in [2.05, 4.69) is 0 Å². The minimum atomic E-state index is -0.143. The van der Waals surface area contributed by atoms with Crippen LogP contribution in [0.2, 0.25) is 0 Å². The minimum Gasteiger partial charge on any atom is -0.301 e. The summed E-state index contributed by atoms with van der Waals surface area (Å²) < 4.78 is 3.09. The second-order valence-electron chi connectivity index (χ2n) is 4.07. The summed E-state index contributed by atoms with van der Waals surface area (Å²) in [5.74, 6) is 0. The Kier molecular flexibility index (Phi) is 2.42. The van der Waals surface area contributed by atoms with Crippen molar-refractivity contribution in [3.05, 3.63) is 33.7 Å². The molecule has 2 aromatic rings. The van der Waals surface area contributed by atoms with E-state index in [0.29, 0.717) is 0 Å². The number of aldehydes is 1. The summed E-state index contributed by atoms with van der Waals surface area (Å²) in [5.41, 5.74) is 3.74. The predicted octanol–water partition coefficient (Wildman–Crippen LogP) is 1.16. The van der Waals surface area contributed by atoms with E-state index in [9.17, 15) is 9.59 Å². The number of benzene rings is 1. The monoisotopic (exact) mass is 218 g/mol. The van der Waals surface area contributed by atoms with Crippen LogP contribution in [0.25, 0.3) is 11.0 Å². The van der Waals surface area contributed by atoms with Crippen LogP contribution in [0.3, 0.4) is 0 Å².